The third-order valence-electron chi connectivity index (χ3n) is 2.49. The quantitative estimate of drug-likeness (QED) is 0.621. The minimum Gasteiger partial charge on any atom is -0.294 e. The van der Waals surface area contributed by atoms with Crippen molar-refractivity contribution in [3.05, 3.63) is 47.5 Å². The zero-order valence-electron chi connectivity index (χ0n) is 9.70. The van der Waals surface area contributed by atoms with E-state index >= 15 is 0 Å². The summed E-state index contributed by atoms with van der Waals surface area (Å²) in [7, 11) is 0. The molecule has 0 saturated carbocycles. The molecule has 3 nitrogen and oxygen atoms in total. The van der Waals surface area contributed by atoms with Gasteiger partial charge in [-0.3, -0.25) is 4.79 Å². The Kier molecular flexibility index (Phi) is 3.13. The second-order valence-corrected chi connectivity index (χ2v) is 3.89. The van der Waals surface area contributed by atoms with Crippen molar-refractivity contribution in [1.82, 2.24) is 9.78 Å². The molecule has 100 valence electrons. The first-order valence-electron chi connectivity index (χ1n) is 5.22. The van der Waals surface area contributed by atoms with Gasteiger partial charge in [-0.05, 0) is 25.1 Å². The summed E-state index contributed by atoms with van der Waals surface area (Å²) in [5, 5.41) is 3.55. The normalized spacial score (nSPS) is 11.6. The Bertz CT molecular complexity index is 631. The monoisotopic (exact) mass is 272 g/mol. The van der Waals surface area contributed by atoms with Crippen molar-refractivity contribution >= 4 is 5.78 Å². The Morgan fingerprint density at radius 2 is 2.00 bits per heavy atom. The third-order valence-corrected chi connectivity index (χ3v) is 2.49. The molecule has 2 aromatic rings. The SMILES string of the molecule is CC(=O)c1cc(F)ccc1-n1cc(C(F)(F)F)cn1. The van der Waals surface area contributed by atoms with E-state index in [4.69, 9.17) is 0 Å². The summed E-state index contributed by atoms with van der Waals surface area (Å²) in [5.74, 6) is -1.10. The molecular formula is C12H8F4N2O. The van der Waals surface area contributed by atoms with E-state index in [0.29, 0.717) is 6.20 Å². The van der Waals surface area contributed by atoms with Crippen LogP contribution < -0.4 is 0 Å². The lowest BCUT2D eigenvalue weighted by molar-refractivity contribution is -0.137. The van der Waals surface area contributed by atoms with Crippen LogP contribution in [0.5, 0.6) is 0 Å². The molecule has 0 unspecified atom stereocenters. The highest BCUT2D eigenvalue weighted by molar-refractivity contribution is 5.97. The molecule has 0 N–H and O–H groups in total. The second-order valence-electron chi connectivity index (χ2n) is 3.89. The molecule has 0 atom stereocenters. The molecule has 0 fully saturated rings. The summed E-state index contributed by atoms with van der Waals surface area (Å²) in [6.45, 7) is 1.20. The predicted octanol–water partition coefficient (Wildman–Crippen LogP) is 3.23. The molecule has 0 aliphatic carbocycles. The molecule has 7 heteroatoms. The maximum absolute atomic E-state index is 13.1. The van der Waals surface area contributed by atoms with E-state index in [1.165, 1.54) is 13.0 Å². The van der Waals surface area contributed by atoms with Gasteiger partial charge in [-0.15, -0.1) is 0 Å². The molecular weight excluding hydrogens is 264 g/mol. The van der Waals surface area contributed by atoms with Crippen LogP contribution in [0.25, 0.3) is 5.69 Å². The van der Waals surface area contributed by atoms with E-state index in [1.54, 1.807) is 0 Å². The first-order chi connectivity index (χ1) is 8.79. The molecule has 1 aromatic heterocycles. The number of benzene rings is 1. The average Bonchev–Trinajstić information content (AvgIpc) is 2.77. The number of hydrogen-bond acceptors (Lipinski definition) is 2. The summed E-state index contributed by atoms with van der Waals surface area (Å²) in [5.41, 5.74) is -0.868. The first-order valence-corrected chi connectivity index (χ1v) is 5.22. The lowest BCUT2D eigenvalue weighted by atomic mass is 10.1. The van der Waals surface area contributed by atoms with Gasteiger partial charge in [-0.2, -0.15) is 18.3 Å². The van der Waals surface area contributed by atoms with Crippen molar-refractivity contribution < 1.29 is 22.4 Å². The molecule has 0 spiro atoms. The number of nitrogens with zero attached hydrogens (tertiary/aromatic N) is 2. The van der Waals surface area contributed by atoms with Crippen molar-refractivity contribution in [1.29, 1.82) is 0 Å². The van der Waals surface area contributed by atoms with Crippen LogP contribution in [0, 0.1) is 5.82 Å². The van der Waals surface area contributed by atoms with Gasteiger partial charge in [0.25, 0.3) is 0 Å². The Labute approximate surface area is 105 Å². The van der Waals surface area contributed by atoms with Gasteiger partial charge < -0.3 is 0 Å². The smallest absolute Gasteiger partial charge is 0.294 e. The zero-order valence-corrected chi connectivity index (χ0v) is 9.70. The molecule has 0 aliphatic rings. The first kappa shape index (κ1) is 13.3. The fourth-order valence-corrected chi connectivity index (χ4v) is 1.59. The van der Waals surface area contributed by atoms with E-state index in [0.717, 1.165) is 23.0 Å². The van der Waals surface area contributed by atoms with Gasteiger partial charge in [-0.25, -0.2) is 9.07 Å². The van der Waals surface area contributed by atoms with Gasteiger partial charge in [0.15, 0.2) is 5.78 Å². The highest BCUT2D eigenvalue weighted by Crippen LogP contribution is 2.29. The topological polar surface area (TPSA) is 34.9 Å². The molecule has 19 heavy (non-hydrogen) atoms. The number of carbonyl (C=O) groups is 1. The Morgan fingerprint density at radius 1 is 1.32 bits per heavy atom. The molecule has 2 rings (SSSR count). The fourth-order valence-electron chi connectivity index (χ4n) is 1.59. The minimum atomic E-state index is -4.52. The van der Waals surface area contributed by atoms with Gasteiger partial charge in [0.1, 0.15) is 5.82 Å². The minimum absolute atomic E-state index is 0.0307. The van der Waals surface area contributed by atoms with E-state index in [1.807, 2.05) is 0 Å². The van der Waals surface area contributed by atoms with Crippen molar-refractivity contribution in [3.8, 4) is 5.69 Å². The van der Waals surface area contributed by atoms with E-state index in [2.05, 4.69) is 5.10 Å². The van der Waals surface area contributed by atoms with Crippen molar-refractivity contribution in [2.45, 2.75) is 13.1 Å². The number of alkyl halides is 3. The molecule has 1 heterocycles. The molecule has 0 aliphatic heterocycles. The number of halogens is 4. The Morgan fingerprint density at radius 3 is 2.53 bits per heavy atom. The molecule has 0 radical (unpaired) electrons. The molecule has 0 amide bonds. The van der Waals surface area contributed by atoms with E-state index in [9.17, 15) is 22.4 Å². The summed E-state index contributed by atoms with van der Waals surface area (Å²) < 4.78 is 51.3. The number of rotatable bonds is 2. The van der Waals surface area contributed by atoms with Crippen LogP contribution in [0.4, 0.5) is 17.6 Å². The average molecular weight is 272 g/mol. The number of ketones is 1. The van der Waals surface area contributed by atoms with Gasteiger partial charge in [0.05, 0.1) is 17.4 Å². The Balaban J connectivity index is 2.53. The second kappa shape index (κ2) is 4.49. The van der Waals surface area contributed by atoms with E-state index in [-0.39, 0.29) is 11.3 Å². The van der Waals surface area contributed by atoms with Crippen molar-refractivity contribution in [2.24, 2.45) is 0 Å². The maximum atomic E-state index is 13.1. The van der Waals surface area contributed by atoms with E-state index < -0.39 is 23.3 Å². The van der Waals surface area contributed by atoms with Gasteiger partial charge in [0.2, 0.25) is 0 Å². The van der Waals surface area contributed by atoms with Crippen LogP contribution >= 0.6 is 0 Å². The van der Waals surface area contributed by atoms with Crippen LogP contribution in [0.1, 0.15) is 22.8 Å². The fraction of sp³-hybridized carbons (Fsp3) is 0.167. The lowest BCUT2D eigenvalue weighted by Gasteiger charge is -2.07. The van der Waals surface area contributed by atoms with Gasteiger partial charge in [-0.1, -0.05) is 0 Å². The summed E-state index contributed by atoms with van der Waals surface area (Å²) in [4.78, 5) is 11.4. The number of aromatic nitrogens is 2. The number of carbonyl (C=O) groups excluding carboxylic acids is 1. The third kappa shape index (κ3) is 2.64. The van der Waals surface area contributed by atoms with Crippen LogP contribution in [0.3, 0.4) is 0 Å². The maximum Gasteiger partial charge on any atom is 0.419 e. The van der Waals surface area contributed by atoms with Crippen molar-refractivity contribution in [2.75, 3.05) is 0 Å². The molecule has 1 aromatic carbocycles. The summed E-state index contributed by atoms with van der Waals surface area (Å²) in [6.07, 6.45) is -3.12. The standard InChI is InChI=1S/C12H8F4N2O/c1-7(19)10-4-9(13)2-3-11(10)18-6-8(5-17-18)12(14,15)16/h2-6H,1H3. The van der Waals surface area contributed by atoms with Crippen LogP contribution in [0.15, 0.2) is 30.6 Å². The van der Waals surface area contributed by atoms with Crippen LogP contribution in [0.2, 0.25) is 0 Å². The number of hydrogen-bond donors (Lipinski definition) is 0. The summed E-state index contributed by atoms with van der Waals surface area (Å²) >= 11 is 0. The van der Waals surface area contributed by atoms with Crippen LogP contribution in [-0.4, -0.2) is 15.6 Å². The summed E-state index contributed by atoms with van der Waals surface area (Å²) in [6, 6.07) is 3.22. The Hall–Kier alpha value is -2.18. The highest BCUT2D eigenvalue weighted by atomic mass is 19.4. The van der Waals surface area contributed by atoms with Crippen LogP contribution in [-0.2, 0) is 6.18 Å². The molecule has 0 bridgehead atoms. The van der Waals surface area contributed by atoms with Gasteiger partial charge in [0, 0.05) is 11.8 Å². The van der Waals surface area contributed by atoms with Gasteiger partial charge >= 0.3 is 6.18 Å². The molecule has 0 saturated heterocycles. The zero-order chi connectivity index (χ0) is 14.2. The number of Topliss-reactive ketones (excluding diaryl/α,β-unsaturated/α-hetero) is 1. The highest BCUT2D eigenvalue weighted by Gasteiger charge is 2.32. The van der Waals surface area contributed by atoms with Crippen molar-refractivity contribution in [3.63, 3.8) is 0 Å². The predicted molar refractivity (Wildman–Crippen MR) is 58.5 cm³/mol. The largest absolute Gasteiger partial charge is 0.419 e. The lowest BCUT2D eigenvalue weighted by Crippen LogP contribution is -2.06.